The standard InChI is InChI=1S/C9H6ClNO/c1-6(12)8-4-7(5-11)2-3-9(8)10/h2-4H,1H3. The van der Waals surface area contributed by atoms with Crippen molar-refractivity contribution in [2.75, 3.05) is 0 Å². The average Bonchev–Trinajstić information content (AvgIpc) is 2.05. The van der Waals surface area contributed by atoms with Crippen molar-refractivity contribution in [2.24, 2.45) is 0 Å². The number of benzene rings is 1. The molecule has 3 heteroatoms. The van der Waals surface area contributed by atoms with Gasteiger partial charge in [-0.25, -0.2) is 0 Å². The topological polar surface area (TPSA) is 40.9 Å². The maximum absolute atomic E-state index is 10.9. The Morgan fingerprint density at radius 1 is 1.58 bits per heavy atom. The van der Waals surface area contributed by atoms with E-state index in [1.807, 2.05) is 6.07 Å². The zero-order chi connectivity index (χ0) is 9.14. The molecule has 0 saturated carbocycles. The molecule has 1 aromatic rings. The number of carbonyl (C=O) groups is 1. The number of hydrogen-bond acceptors (Lipinski definition) is 2. The summed E-state index contributed by atoms with van der Waals surface area (Å²) in [7, 11) is 0. The van der Waals surface area contributed by atoms with Crippen molar-refractivity contribution in [3.05, 3.63) is 34.3 Å². The molecule has 0 spiro atoms. The van der Waals surface area contributed by atoms with Gasteiger partial charge in [0, 0.05) is 5.56 Å². The number of rotatable bonds is 1. The van der Waals surface area contributed by atoms with Gasteiger partial charge in [-0.2, -0.15) is 5.26 Å². The van der Waals surface area contributed by atoms with Crippen LogP contribution >= 0.6 is 11.6 Å². The summed E-state index contributed by atoms with van der Waals surface area (Å²) in [6.45, 7) is 1.42. The third-order valence-electron chi connectivity index (χ3n) is 1.47. The number of halogens is 1. The van der Waals surface area contributed by atoms with Gasteiger partial charge in [0.2, 0.25) is 0 Å². The fraction of sp³-hybridized carbons (Fsp3) is 0.111. The minimum atomic E-state index is -0.128. The Balaban J connectivity index is 3.28. The van der Waals surface area contributed by atoms with Crippen LogP contribution in [0.5, 0.6) is 0 Å². The van der Waals surface area contributed by atoms with Crippen LogP contribution in [0.3, 0.4) is 0 Å². The molecule has 0 heterocycles. The molecule has 0 N–H and O–H groups in total. The van der Waals surface area contributed by atoms with Crippen molar-refractivity contribution >= 4 is 17.4 Å². The monoisotopic (exact) mass is 179 g/mol. The molecule has 60 valence electrons. The first-order valence-corrected chi connectivity index (χ1v) is 3.73. The summed E-state index contributed by atoms with van der Waals surface area (Å²) in [5.74, 6) is -0.128. The summed E-state index contributed by atoms with van der Waals surface area (Å²) >= 11 is 5.72. The first-order valence-electron chi connectivity index (χ1n) is 3.35. The Labute approximate surface area is 75.4 Å². The highest BCUT2D eigenvalue weighted by Gasteiger charge is 2.05. The zero-order valence-corrected chi connectivity index (χ0v) is 7.22. The lowest BCUT2D eigenvalue weighted by Gasteiger charge is -1.98. The second-order valence-electron chi connectivity index (χ2n) is 2.36. The van der Waals surface area contributed by atoms with Gasteiger partial charge in [0.05, 0.1) is 16.7 Å². The molecule has 0 saturated heterocycles. The largest absolute Gasteiger partial charge is 0.294 e. The molecule has 0 fully saturated rings. The van der Waals surface area contributed by atoms with Crippen molar-refractivity contribution in [2.45, 2.75) is 6.92 Å². The van der Waals surface area contributed by atoms with Gasteiger partial charge in [-0.15, -0.1) is 0 Å². The third-order valence-corrected chi connectivity index (χ3v) is 1.80. The van der Waals surface area contributed by atoms with E-state index in [-0.39, 0.29) is 5.78 Å². The quantitative estimate of drug-likeness (QED) is 0.622. The van der Waals surface area contributed by atoms with Crippen molar-refractivity contribution in [1.29, 1.82) is 5.26 Å². The van der Waals surface area contributed by atoms with E-state index in [1.54, 1.807) is 12.1 Å². The van der Waals surface area contributed by atoms with E-state index in [0.29, 0.717) is 16.1 Å². The predicted octanol–water partition coefficient (Wildman–Crippen LogP) is 2.41. The number of nitrogens with zero attached hydrogens (tertiary/aromatic N) is 1. The van der Waals surface area contributed by atoms with Crippen LogP contribution in [0.1, 0.15) is 22.8 Å². The van der Waals surface area contributed by atoms with Crippen LogP contribution in [0.4, 0.5) is 0 Å². The molecule has 0 aliphatic rings. The predicted molar refractivity (Wildman–Crippen MR) is 46.2 cm³/mol. The molecule has 2 nitrogen and oxygen atoms in total. The maximum Gasteiger partial charge on any atom is 0.161 e. The fourth-order valence-corrected chi connectivity index (χ4v) is 1.12. The van der Waals surface area contributed by atoms with E-state index in [0.717, 1.165) is 0 Å². The first-order chi connectivity index (χ1) is 5.65. The van der Waals surface area contributed by atoms with Crippen LogP contribution in [0.25, 0.3) is 0 Å². The van der Waals surface area contributed by atoms with E-state index in [9.17, 15) is 4.79 Å². The van der Waals surface area contributed by atoms with Gasteiger partial charge in [0.25, 0.3) is 0 Å². The summed E-state index contributed by atoms with van der Waals surface area (Å²) in [5, 5.41) is 8.92. The van der Waals surface area contributed by atoms with Crippen LogP contribution in [-0.4, -0.2) is 5.78 Å². The van der Waals surface area contributed by atoms with Gasteiger partial charge in [-0.1, -0.05) is 11.6 Å². The lowest BCUT2D eigenvalue weighted by atomic mass is 10.1. The lowest BCUT2D eigenvalue weighted by Crippen LogP contribution is -1.93. The highest BCUT2D eigenvalue weighted by molar-refractivity contribution is 6.33. The highest BCUT2D eigenvalue weighted by Crippen LogP contribution is 2.17. The highest BCUT2D eigenvalue weighted by atomic mass is 35.5. The molecule has 1 aromatic carbocycles. The first kappa shape index (κ1) is 8.76. The third kappa shape index (κ3) is 1.63. The van der Waals surface area contributed by atoms with Gasteiger partial charge in [0.15, 0.2) is 5.78 Å². The molecule has 12 heavy (non-hydrogen) atoms. The molecule has 0 aliphatic carbocycles. The van der Waals surface area contributed by atoms with Crippen molar-refractivity contribution in [3.8, 4) is 6.07 Å². The molecular weight excluding hydrogens is 174 g/mol. The minimum absolute atomic E-state index is 0.128. The van der Waals surface area contributed by atoms with Crippen LogP contribution in [0.15, 0.2) is 18.2 Å². The molecule has 1 rings (SSSR count). The number of ketones is 1. The van der Waals surface area contributed by atoms with E-state index in [2.05, 4.69) is 0 Å². The van der Waals surface area contributed by atoms with Crippen LogP contribution in [0.2, 0.25) is 5.02 Å². The Kier molecular flexibility index (Phi) is 2.47. The van der Waals surface area contributed by atoms with E-state index in [1.165, 1.54) is 13.0 Å². The van der Waals surface area contributed by atoms with Crippen LogP contribution in [0, 0.1) is 11.3 Å². The van der Waals surface area contributed by atoms with Gasteiger partial charge in [0.1, 0.15) is 0 Å². The van der Waals surface area contributed by atoms with Crippen LogP contribution in [-0.2, 0) is 0 Å². The molecule has 0 radical (unpaired) electrons. The number of Topliss-reactive ketones (excluding diaryl/α,β-unsaturated/α-hetero) is 1. The fourth-order valence-electron chi connectivity index (χ4n) is 0.865. The Morgan fingerprint density at radius 2 is 2.25 bits per heavy atom. The van der Waals surface area contributed by atoms with Crippen molar-refractivity contribution in [3.63, 3.8) is 0 Å². The minimum Gasteiger partial charge on any atom is -0.294 e. The maximum atomic E-state index is 10.9. The van der Waals surface area contributed by atoms with Gasteiger partial charge in [-0.3, -0.25) is 4.79 Å². The summed E-state index contributed by atoms with van der Waals surface area (Å²) in [6, 6.07) is 6.56. The Bertz CT molecular complexity index is 365. The summed E-state index contributed by atoms with van der Waals surface area (Å²) < 4.78 is 0. The van der Waals surface area contributed by atoms with Gasteiger partial charge >= 0.3 is 0 Å². The molecule has 0 aromatic heterocycles. The second kappa shape index (κ2) is 3.38. The Hall–Kier alpha value is -1.33. The Morgan fingerprint density at radius 3 is 2.75 bits per heavy atom. The molecule has 0 bridgehead atoms. The van der Waals surface area contributed by atoms with Gasteiger partial charge in [-0.05, 0) is 25.1 Å². The number of nitriles is 1. The van der Waals surface area contributed by atoms with Crippen molar-refractivity contribution in [1.82, 2.24) is 0 Å². The zero-order valence-electron chi connectivity index (χ0n) is 6.47. The molecule has 0 aliphatic heterocycles. The van der Waals surface area contributed by atoms with Gasteiger partial charge < -0.3 is 0 Å². The normalized spacial score (nSPS) is 9.08. The van der Waals surface area contributed by atoms with E-state index in [4.69, 9.17) is 16.9 Å². The summed E-state index contributed by atoms with van der Waals surface area (Å²) in [6.07, 6.45) is 0. The summed E-state index contributed by atoms with van der Waals surface area (Å²) in [5.41, 5.74) is 0.848. The molecule has 0 atom stereocenters. The molecule has 0 unspecified atom stereocenters. The number of carbonyl (C=O) groups excluding carboxylic acids is 1. The lowest BCUT2D eigenvalue weighted by molar-refractivity contribution is 0.101. The molecule has 0 amide bonds. The van der Waals surface area contributed by atoms with E-state index < -0.39 is 0 Å². The van der Waals surface area contributed by atoms with Crippen molar-refractivity contribution < 1.29 is 4.79 Å². The molecular formula is C9H6ClNO. The smallest absolute Gasteiger partial charge is 0.161 e. The SMILES string of the molecule is CC(=O)c1cc(C#N)ccc1Cl. The van der Waals surface area contributed by atoms with Crippen LogP contribution < -0.4 is 0 Å². The van der Waals surface area contributed by atoms with E-state index >= 15 is 0 Å². The second-order valence-corrected chi connectivity index (χ2v) is 2.77. The average molecular weight is 180 g/mol. The summed E-state index contributed by atoms with van der Waals surface area (Å²) in [4.78, 5) is 10.9. The number of hydrogen-bond donors (Lipinski definition) is 0.